The third kappa shape index (κ3) is 4.04. The summed E-state index contributed by atoms with van der Waals surface area (Å²) in [5.41, 5.74) is 3.99. The van der Waals surface area contributed by atoms with Crippen molar-refractivity contribution in [3.8, 4) is 11.1 Å². The van der Waals surface area contributed by atoms with E-state index in [0.717, 1.165) is 42.5 Å². The highest BCUT2D eigenvalue weighted by molar-refractivity contribution is 5.64. The highest BCUT2D eigenvalue weighted by Crippen LogP contribution is 2.41. The molecule has 1 aliphatic carbocycles. The summed E-state index contributed by atoms with van der Waals surface area (Å²) in [7, 11) is 0. The maximum atomic E-state index is 14.9. The lowest BCUT2D eigenvalue weighted by Gasteiger charge is -2.18. The Hall–Kier alpha value is -2.40. The van der Waals surface area contributed by atoms with Crippen LogP contribution in [0, 0.1) is 11.7 Å². The normalized spacial score (nSPS) is 21.0. The summed E-state index contributed by atoms with van der Waals surface area (Å²) in [5.74, 6) is 0.0442. The van der Waals surface area contributed by atoms with Gasteiger partial charge in [-0.25, -0.2) is 4.39 Å². The van der Waals surface area contributed by atoms with Crippen LogP contribution in [-0.4, -0.2) is 16.1 Å². The summed E-state index contributed by atoms with van der Waals surface area (Å²) >= 11 is 0. The first-order valence-electron chi connectivity index (χ1n) is 10.2. The molecule has 0 amide bonds. The van der Waals surface area contributed by atoms with Crippen LogP contribution in [0.4, 0.5) is 4.39 Å². The molecule has 0 spiro atoms. The Morgan fingerprint density at radius 2 is 2.11 bits per heavy atom. The lowest BCUT2D eigenvalue weighted by molar-refractivity contribution is 0.149. The average molecular weight is 381 g/mol. The number of benzene rings is 1. The number of hydrogen-bond donors (Lipinski definition) is 3. The second-order valence-electron chi connectivity index (χ2n) is 8.00. The molecule has 1 aromatic heterocycles. The van der Waals surface area contributed by atoms with Crippen molar-refractivity contribution in [3.63, 3.8) is 0 Å². The van der Waals surface area contributed by atoms with E-state index in [0.29, 0.717) is 23.2 Å². The monoisotopic (exact) mass is 381 g/mol. The fourth-order valence-electron chi connectivity index (χ4n) is 3.79. The number of aliphatic hydroxyl groups excluding tert-OH is 1. The fourth-order valence-corrected chi connectivity index (χ4v) is 3.79. The Bertz CT molecular complexity index is 878. The maximum Gasteiger partial charge on any atom is 0.131 e. The van der Waals surface area contributed by atoms with Crippen molar-refractivity contribution >= 4 is 0 Å². The van der Waals surface area contributed by atoms with Crippen LogP contribution in [0.25, 0.3) is 11.1 Å². The highest BCUT2D eigenvalue weighted by atomic mass is 19.1. The van der Waals surface area contributed by atoms with Gasteiger partial charge in [0, 0.05) is 42.2 Å². The largest absolute Gasteiger partial charge is 0.387 e. The molecule has 28 heavy (non-hydrogen) atoms. The second kappa shape index (κ2) is 7.92. The molecule has 4 rings (SSSR count). The zero-order chi connectivity index (χ0) is 19.7. The van der Waals surface area contributed by atoms with Crippen LogP contribution in [0.1, 0.15) is 62.9 Å². The van der Waals surface area contributed by atoms with E-state index in [4.69, 9.17) is 0 Å². The summed E-state index contributed by atoms with van der Waals surface area (Å²) in [4.78, 5) is 4.28. The summed E-state index contributed by atoms with van der Waals surface area (Å²) in [6.45, 7) is 4.21. The molecule has 1 fully saturated rings. The van der Waals surface area contributed by atoms with Gasteiger partial charge in [0.2, 0.25) is 0 Å². The van der Waals surface area contributed by atoms with Crippen molar-refractivity contribution in [2.45, 2.75) is 57.7 Å². The Kier molecular flexibility index (Phi) is 5.36. The minimum Gasteiger partial charge on any atom is -0.387 e. The van der Waals surface area contributed by atoms with Crippen molar-refractivity contribution in [2.24, 2.45) is 5.92 Å². The molecule has 1 aliphatic heterocycles. The van der Waals surface area contributed by atoms with Crippen molar-refractivity contribution in [3.05, 3.63) is 65.5 Å². The van der Waals surface area contributed by atoms with E-state index in [1.807, 2.05) is 31.3 Å². The number of pyridine rings is 1. The summed E-state index contributed by atoms with van der Waals surface area (Å²) in [6, 6.07) is 9.50. The van der Waals surface area contributed by atoms with Crippen LogP contribution < -0.4 is 10.6 Å². The molecule has 0 saturated heterocycles. The van der Waals surface area contributed by atoms with E-state index in [1.165, 1.54) is 0 Å². The average Bonchev–Trinajstić information content (AvgIpc) is 3.46. The molecule has 2 heterocycles. The molecule has 5 heteroatoms. The molecule has 2 aromatic rings. The predicted molar refractivity (Wildman–Crippen MR) is 109 cm³/mol. The third-order valence-electron chi connectivity index (χ3n) is 5.81. The Morgan fingerprint density at radius 1 is 1.29 bits per heavy atom. The van der Waals surface area contributed by atoms with Crippen molar-refractivity contribution in [1.29, 1.82) is 0 Å². The Balaban J connectivity index is 1.49. The number of hydrogen-bond acceptors (Lipinski definition) is 4. The first-order chi connectivity index (χ1) is 13.5. The van der Waals surface area contributed by atoms with E-state index in [9.17, 15) is 9.50 Å². The van der Waals surface area contributed by atoms with Gasteiger partial charge in [-0.15, -0.1) is 0 Å². The van der Waals surface area contributed by atoms with E-state index >= 15 is 0 Å². The fraction of sp³-hybridized carbons (Fsp3) is 0.435. The minimum absolute atomic E-state index is 0.0249. The molecule has 1 aromatic carbocycles. The van der Waals surface area contributed by atoms with Crippen LogP contribution in [0.3, 0.4) is 0 Å². The minimum atomic E-state index is -0.549. The molecule has 148 valence electrons. The molecular formula is C23H28FN3O. The van der Waals surface area contributed by atoms with Gasteiger partial charge < -0.3 is 15.7 Å². The van der Waals surface area contributed by atoms with Crippen molar-refractivity contribution < 1.29 is 9.50 Å². The topological polar surface area (TPSA) is 57.2 Å². The van der Waals surface area contributed by atoms with Crippen LogP contribution in [0.2, 0.25) is 0 Å². The van der Waals surface area contributed by atoms with Crippen LogP contribution in [0.15, 0.2) is 48.4 Å². The van der Waals surface area contributed by atoms with Gasteiger partial charge in [-0.1, -0.05) is 19.1 Å². The van der Waals surface area contributed by atoms with Gasteiger partial charge in [0.15, 0.2) is 0 Å². The van der Waals surface area contributed by atoms with E-state index in [1.54, 1.807) is 18.3 Å². The number of nitrogens with zero attached hydrogens (tertiary/aromatic N) is 1. The van der Waals surface area contributed by atoms with Crippen LogP contribution >= 0.6 is 0 Å². The SMILES string of the molecule is CCC1CC(NC(C)c2ccc(-c3ccnc(C(O)C4CC4)c3)c(F)c2)=CN1. The lowest BCUT2D eigenvalue weighted by Crippen LogP contribution is -2.20. The molecule has 0 radical (unpaired) electrons. The number of rotatable bonds is 7. The highest BCUT2D eigenvalue weighted by Gasteiger charge is 2.31. The summed E-state index contributed by atoms with van der Waals surface area (Å²) in [5, 5.41) is 17.2. The molecule has 2 aliphatic rings. The quantitative estimate of drug-likeness (QED) is 0.656. The number of aromatic nitrogens is 1. The molecular weight excluding hydrogens is 353 g/mol. The first-order valence-corrected chi connectivity index (χ1v) is 10.2. The lowest BCUT2D eigenvalue weighted by atomic mass is 9.99. The van der Waals surface area contributed by atoms with Gasteiger partial charge in [-0.05, 0) is 61.4 Å². The van der Waals surface area contributed by atoms with E-state index in [2.05, 4.69) is 22.5 Å². The third-order valence-corrected chi connectivity index (χ3v) is 5.81. The zero-order valence-electron chi connectivity index (χ0n) is 16.5. The summed E-state index contributed by atoms with van der Waals surface area (Å²) in [6.07, 6.45) is 7.26. The maximum absolute atomic E-state index is 14.9. The zero-order valence-corrected chi connectivity index (χ0v) is 16.5. The van der Waals surface area contributed by atoms with Gasteiger partial charge in [0.25, 0.3) is 0 Å². The number of halogens is 1. The van der Waals surface area contributed by atoms with Gasteiger partial charge in [0.05, 0.1) is 11.8 Å². The molecule has 3 atom stereocenters. The van der Waals surface area contributed by atoms with Gasteiger partial charge in [-0.3, -0.25) is 4.98 Å². The van der Waals surface area contributed by atoms with Crippen molar-refractivity contribution in [1.82, 2.24) is 15.6 Å². The van der Waals surface area contributed by atoms with Crippen LogP contribution in [0.5, 0.6) is 0 Å². The molecule has 3 N–H and O–H groups in total. The first kappa shape index (κ1) is 18.9. The van der Waals surface area contributed by atoms with E-state index < -0.39 is 6.10 Å². The Labute approximate surface area is 165 Å². The predicted octanol–water partition coefficient (Wildman–Crippen LogP) is 4.60. The molecule has 3 unspecified atom stereocenters. The second-order valence-corrected chi connectivity index (χ2v) is 8.00. The van der Waals surface area contributed by atoms with Gasteiger partial charge in [0.1, 0.15) is 5.82 Å². The Morgan fingerprint density at radius 3 is 2.79 bits per heavy atom. The van der Waals surface area contributed by atoms with Crippen molar-refractivity contribution in [2.75, 3.05) is 0 Å². The molecule has 4 nitrogen and oxygen atoms in total. The smallest absolute Gasteiger partial charge is 0.131 e. The number of nitrogens with one attached hydrogen (secondary N) is 2. The van der Waals surface area contributed by atoms with Gasteiger partial charge >= 0.3 is 0 Å². The number of aliphatic hydroxyl groups is 1. The summed E-state index contributed by atoms with van der Waals surface area (Å²) < 4.78 is 14.9. The van der Waals surface area contributed by atoms with Crippen LogP contribution in [-0.2, 0) is 0 Å². The molecule has 1 saturated carbocycles. The standard InChI is InChI=1S/C23H28FN3O/c1-3-18-12-19(13-26-18)27-14(2)16-6-7-20(21(24)10-16)17-8-9-25-22(11-17)23(28)15-4-5-15/h6-11,13-15,18,23,26-28H,3-5,12H2,1-2H3. The van der Waals surface area contributed by atoms with E-state index in [-0.39, 0.29) is 11.9 Å². The van der Waals surface area contributed by atoms with Gasteiger partial charge in [-0.2, -0.15) is 0 Å². The molecule has 0 bridgehead atoms.